The minimum Gasteiger partial charge on any atom is -0.318 e. The SMILES string of the molecule is Cc1cc(/C=C2\C(=O)NC(=S)N(c3cccc(F)c3)C2=O)c(C)n1-c1ccncc1. The first-order valence-electron chi connectivity index (χ1n) is 9.13. The summed E-state index contributed by atoms with van der Waals surface area (Å²) in [5.41, 5.74) is 3.60. The Bertz CT molecular complexity index is 1220. The van der Waals surface area contributed by atoms with E-state index in [-0.39, 0.29) is 16.4 Å². The van der Waals surface area contributed by atoms with Crippen LogP contribution in [0.25, 0.3) is 11.8 Å². The normalized spacial score (nSPS) is 15.6. The van der Waals surface area contributed by atoms with Crippen molar-refractivity contribution >= 4 is 40.9 Å². The number of thiocarbonyl (C=S) groups is 1. The molecule has 2 amide bonds. The molecule has 1 aliphatic heterocycles. The quantitative estimate of drug-likeness (QED) is 0.400. The summed E-state index contributed by atoms with van der Waals surface area (Å²) in [6.45, 7) is 3.84. The van der Waals surface area contributed by atoms with E-state index in [1.54, 1.807) is 18.5 Å². The smallest absolute Gasteiger partial charge is 0.270 e. The molecule has 1 aliphatic rings. The third kappa shape index (κ3) is 3.42. The van der Waals surface area contributed by atoms with Crippen molar-refractivity contribution in [1.29, 1.82) is 0 Å². The lowest BCUT2D eigenvalue weighted by atomic mass is 10.1. The summed E-state index contributed by atoms with van der Waals surface area (Å²) in [5, 5.41) is 2.42. The Kier molecular flexibility index (Phi) is 5.01. The number of anilines is 1. The van der Waals surface area contributed by atoms with E-state index in [0.29, 0.717) is 0 Å². The van der Waals surface area contributed by atoms with Crippen LogP contribution >= 0.6 is 12.2 Å². The molecule has 0 unspecified atom stereocenters. The highest BCUT2D eigenvalue weighted by molar-refractivity contribution is 7.80. The fraction of sp³-hybridized carbons (Fsp3) is 0.0909. The van der Waals surface area contributed by atoms with Crippen LogP contribution < -0.4 is 10.2 Å². The van der Waals surface area contributed by atoms with Crippen molar-refractivity contribution in [2.45, 2.75) is 13.8 Å². The van der Waals surface area contributed by atoms with Gasteiger partial charge in [-0.15, -0.1) is 0 Å². The average molecular weight is 420 g/mol. The number of rotatable bonds is 3. The number of carbonyl (C=O) groups excluding carboxylic acids is 2. The van der Waals surface area contributed by atoms with E-state index in [1.807, 2.05) is 36.6 Å². The Morgan fingerprint density at radius 3 is 2.50 bits per heavy atom. The number of pyridine rings is 1. The van der Waals surface area contributed by atoms with Crippen LogP contribution in [-0.2, 0) is 9.59 Å². The molecule has 0 atom stereocenters. The minimum atomic E-state index is -0.608. The molecule has 0 bridgehead atoms. The van der Waals surface area contributed by atoms with Gasteiger partial charge in [0.1, 0.15) is 11.4 Å². The van der Waals surface area contributed by atoms with Gasteiger partial charge in [-0.1, -0.05) is 6.07 Å². The first kappa shape index (κ1) is 19.7. The van der Waals surface area contributed by atoms with Crippen LogP contribution in [0.5, 0.6) is 0 Å². The monoisotopic (exact) mass is 420 g/mol. The molecule has 1 saturated heterocycles. The van der Waals surface area contributed by atoms with Crippen LogP contribution in [0, 0.1) is 19.7 Å². The van der Waals surface area contributed by atoms with Crippen molar-refractivity contribution in [3.05, 3.63) is 83.2 Å². The molecule has 0 radical (unpaired) electrons. The van der Waals surface area contributed by atoms with E-state index in [1.165, 1.54) is 24.3 Å². The molecule has 1 fully saturated rings. The molecule has 1 aromatic carbocycles. The van der Waals surface area contributed by atoms with Gasteiger partial charge < -0.3 is 4.57 Å². The molecule has 1 N–H and O–H groups in total. The Morgan fingerprint density at radius 1 is 1.07 bits per heavy atom. The summed E-state index contributed by atoms with van der Waals surface area (Å²) >= 11 is 5.15. The van der Waals surface area contributed by atoms with E-state index in [4.69, 9.17) is 12.2 Å². The number of benzene rings is 1. The zero-order valence-electron chi connectivity index (χ0n) is 16.2. The van der Waals surface area contributed by atoms with Gasteiger partial charge in [-0.2, -0.15) is 0 Å². The largest absolute Gasteiger partial charge is 0.318 e. The molecule has 30 heavy (non-hydrogen) atoms. The van der Waals surface area contributed by atoms with Crippen molar-refractivity contribution in [3.8, 4) is 5.69 Å². The number of amides is 2. The predicted octanol–water partition coefficient (Wildman–Crippen LogP) is 3.46. The molecule has 2 aromatic heterocycles. The Hall–Kier alpha value is -3.65. The van der Waals surface area contributed by atoms with Gasteiger partial charge in [-0.3, -0.25) is 24.8 Å². The van der Waals surface area contributed by atoms with Crippen molar-refractivity contribution in [3.63, 3.8) is 0 Å². The summed E-state index contributed by atoms with van der Waals surface area (Å²) in [7, 11) is 0. The van der Waals surface area contributed by atoms with Crippen molar-refractivity contribution < 1.29 is 14.0 Å². The molecule has 6 nitrogen and oxygen atoms in total. The molecular formula is C22H17FN4O2S. The summed E-state index contributed by atoms with van der Waals surface area (Å²) in [4.78, 5) is 30.8. The van der Waals surface area contributed by atoms with E-state index < -0.39 is 17.6 Å². The number of aryl methyl sites for hydroxylation is 1. The van der Waals surface area contributed by atoms with Gasteiger partial charge in [-0.25, -0.2) is 4.39 Å². The van der Waals surface area contributed by atoms with E-state index in [0.717, 1.165) is 27.5 Å². The predicted molar refractivity (Wildman–Crippen MR) is 116 cm³/mol. The maximum atomic E-state index is 13.7. The zero-order valence-corrected chi connectivity index (χ0v) is 17.0. The fourth-order valence-electron chi connectivity index (χ4n) is 3.49. The van der Waals surface area contributed by atoms with Crippen LogP contribution in [0.2, 0.25) is 0 Å². The third-order valence-electron chi connectivity index (χ3n) is 4.86. The maximum Gasteiger partial charge on any atom is 0.270 e. The molecule has 0 aliphatic carbocycles. The first-order valence-corrected chi connectivity index (χ1v) is 9.54. The second-order valence-corrected chi connectivity index (χ2v) is 7.19. The van der Waals surface area contributed by atoms with Crippen molar-refractivity contribution in [2.75, 3.05) is 4.90 Å². The van der Waals surface area contributed by atoms with E-state index in [9.17, 15) is 14.0 Å². The molecule has 4 rings (SSSR count). The highest BCUT2D eigenvalue weighted by Gasteiger charge is 2.34. The van der Waals surface area contributed by atoms with Gasteiger partial charge in [0, 0.05) is 29.5 Å². The zero-order chi connectivity index (χ0) is 21.4. The van der Waals surface area contributed by atoms with Gasteiger partial charge >= 0.3 is 0 Å². The van der Waals surface area contributed by atoms with Crippen molar-refractivity contribution in [2.24, 2.45) is 0 Å². The summed E-state index contributed by atoms with van der Waals surface area (Å²) in [6.07, 6.45) is 4.93. The van der Waals surface area contributed by atoms with Crippen LogP contribution in [-0.4, -0.2) is 26.5 Å². The van der Waals surface area contributed by atoms with Crippen LogP contribution in [0.3, 0.4) is 0 Å². The number of hydrogen-bond donors (Lipinski definition) is 1. The lowest BCUT2D eigenvalue weighted by molar-refractivity contribution is -0.122. The summed E-state index contributed by atoms with van der Waals surface area (Å²) in [6, 6.07) is 11.1. The number of nitrogens with one attached hydrogen (secondary N) is 1. The standard InChI is InChI=1S/C22H17FN4O2S/c1-13-10-15(14(2)26(13)17-6-8-24-9-7-17)11-19-20(28)25-22(30)27(21(19)29)18-5-3-4-16(23)12-18/h3-12H,1-2H3,(H,25,28,30)/b19-11+. The number of halogens is 1. The highest BCUT2D eigenvalue weighted by Crippen LogP contribution is 2.26. The van der Waals surface area contributed by atoms with Gasteiger partial charge in [0.15, 0.2) is 5.11 Å². The van der Waals surface area contributed by atoms with E-state index in [2.05, 4.69) is 10.3 Å². The maximum absolute atomic E-state index is 13.7. The van der Waals surface area contributed by atoms with E-state index >= 15 is 0 Å². The van der Waals surface area contributed by atoms with Gasteiger partial charge in [0.05, 0.1) is 5.69 Å². The average Bonchev–Trinajstić information content (AvgIpc) is 2.99. The van der Waals surface area contributed by atoms with Gasteiger partial charge in [0.2, 0.25) is 0 Å². The topological polar surface area (TPSA) is 67.2 Å². The fourth-order valence-corrected chi connectivity index (χ4v) is 3.77. The Labute approximate surface area is 177 Å². The molecule has 0 spiro atoms. The third-order valence-corrected chi connectivity index (χ3v) is 5.14. The Balaban J connectivity index is 1.77. The summed E-state index contributed by atoms with van der Waals surface area (Å²) < 4.78 is 15.7. The molecule has 150 valence electrons. The molecule has 8 heteroatoms. The van der Waals surface area contributed by atoms with Crippen molar-refractivity contribution in [1.82, 2.24) is 14.9 Å². The second-order valence-electron chi connectivity index (χ2n) is 6.81. The van der Waals surface area contributed by atoms with Gasteiger partial charge in [0.25, 0.3) is 11.8 Å². The summed E-state index contributed by atoms with van der Waals surface area (Å²) in [5.74, 6) is -1.71. The number of nitrogens with zero attached hydrogens (tertiary/aromatic N) is 3. The number of aromatic nitrogens is 2. The number of carbonyl (C=O) groups is 2. The lowest BCUT2D eigenvalue weighted by Crippen LogP contribution is -2.54. The first-order chi connectivity index (χ1) is 14.4. The van der Waals surface area contributed by atoms with Crippen LogP contribution in [0.15, 0.2) is 60.4 Å². The Morgan fingerprint density at radius 2 is 1.80 bits per heavy atom. The molecule has 0 saturated carbocycles. The van der Waals surface area contributed by atoms with Gasteiger partial charge in [-0.05, 0) is 74.1 Å². The highest BCUT2D eigenvalue weighted by atomic mass is 32.1. The van der Waals surface area contributed by atoms with Crippen LogP contribution in [0.1, 0.15) is 17.0 Å². The minimum absolute atomic E-state index is 0.0807. The second kappa shape index (κ2) is 7.64. The molecule has 3 heterocycles. The number of hydrogen-bond acceptors (Lipinski definition) is 4. The van der Waals surface area contributed by atoms with Crippen LogP contribution in [0.4, 0.5) is 10.1 Å². The molecule has 3 aromatic rings. The lowest BCUT2D eigenvalue weighted by Gasteiger charge is -2.28. The molecular weight excluding hydrogens is 403 g/mol.